The smallest absolute Gasteiger partial charge is 0.00918 e. The van der Waals surface area contributed by atoms with E-state index in [4.69, 9.17) is 0 Å². The molecule has 1 aromatic carbocycles. The van der Waals surface area contributed by atoms with Gasteiger partial charge in [0.15, 0.2) is 0 Å². The number of benzene rings is 1. The molecule has 0 saturated heterocycles. The van der Waals surface area contributed by atoms with Gasteiger partial charge < -0.3 is 0 Å². The van der Waals surface area contributed by atoms with Crippen molar-refractivity contribution in [2.75, 3.05) is 0 Å². The first kappa shape index (κ1) is 9.47. The van der Waals surface area contributed by atoms with Crippen LogP contribution in [0.2, 0.25) is 0 Å². The fourth-order valence-corrected chi connectivity index (χ4v) is 2.53. The quantitative estimate of drug-likeness (QED) is 0.691. The number of rotatable bonds is 2. The van der Waals surface area contributed by atoms with Gasteiger partial charge in [0.2, 0.25) is 0 Å². The van der Waals surface area contributed by atoms with Gasteiger partial charge in [0.05, 0.1) is 0 Å². The van der Waals surface area contributed by atoms with Crippen LogP contribution in [0, 0.1) is 13.8 Å². The monoisotopic (exact) mass is 202 g/mol. The van der Waals surface area contributed by atoms with Crippen molar-refractivity contribution in [1.82, 2.24) is 0 Å². The Bertz CT molecular complexity index is 426. The van der Waals surface area contributed by atoms with Crippen molar-refractivity contribution >= 4 is 11.3 Å². The molecule has 1 heteroatoms. The van der Waals surface area contributed by atoms with Crippen LogP contribution in [0.1, 0.15) is 20.9 Å². The van der Waals surface area contributed by atoms with E-state index in [1.807, 2.05) is 11.3 Å². The Labute approximate surface area is 89.2 Å². The highest BCUT2D eigenvalue weighted by Crippen LogP contribution is 2.19. The molecular formula is C13H14S. The number of hydrogen-bond acceptors (Lipinski definition) is 1. The molecule has 0 saturated carbocycles. The number of thiophene rings is 1. The highest BCUT2D eigenvalue weighted by atomic mass is 32.1. The Hall–Kier alpha value is -1.08. The van der Waals surface area contributed by atoms with Crippen LogP contribution in [0.4, 0.5) is 0 Å². The van der Waals surface area contributed by atoms with E-state index in [1.165, 1.54) is 20.9 Å². The summed E-state index contributed by atoms with van der Waals surface area (Å²) in [6.07, 6.45) is 1.07. The lowest BCUT2D eigenvalue weighted by Gasteiger charge is -1.99. The number of aryl methyl sites for hydroxylation is 2. The van der Waals surface area contributed by atoms with E-state index in [-0.39, 0.29) is 0 Å². The molecule has 0 fully saturated rings. The van der Waals surface area contributed by atoms with Gasteiger partial charge in [-0.1, -0.05) is 29.8 Å². The van der Waals surface area contributed by atoms with Crippen molar-refractivity contribution in [2.24, 2.45) is 0 Å². The van der Waals surface area contributed by atoms with Gasteiger partial charge in [0.1, 0.15) is 0 Å². The Morgan fingerprint density at radius 3 is 2.57 bits per heavy atom. The topological polar surface area (TPSA) is 0 Å². The van der Waals surface area contributed by atoms with Crippen molar-refractivity contribution in [2.45, 2.75) is 20.3 Å². The lowest BCUT2D eigenvalue weighted by Crippen LogP contribution is -1.84. The molecule has 14 heavy (non-hydrogen) atoms. The molecule has 0 spiro atoms. The fraction of sp³-hybridized carbons (Fsp3) is 0.231. The van der Waals surface area contributed by atoms with Crippen molar-refractivity contribution in [3.63, 3.8) is 0 Å². The molecular weight excluding hydrogens is 188 g/mol. The molecule has 0 bridgehead atoms. The van der Waals surface area contributed by atoms with Gasteiger partial charge in [0, 0.05) is 16.2 Å². The molecule has 0 nitrogen and oxygen atoms in total. The summed E-state index contributed by atoms with van der Waals surface area (Å²) in [5.74, 6) is 0. The zero-order valence-corrected chi connectivity index (χ0v) is 9.40. The van der Waals surface area contributed by atoms with E-state index in [1.54, 1.807) is 0 Å². The fourth-order valence-electron chi connectivity index (χ4n) is 1.60. The van der Waals surface area contributed by atoms with Gasteiger partial charge in [-0.15, -0.1) is 11.3 Å². The molecule has 0 aliphatic rings. The zero-order chi connectivity index (χ0) is 9.97. The Kier molecular flexibility index (Phi) is 2.69. The highest BCUT2D eigenvalue weighted by Gasteiger charge is 1.98. The van der Waals surface area contributed by atoms with Crippen LogP contribution in [0.5, 0.6) is 0 Å². The minimum absolute atomic E-state index is 1.07. The molecule has 72 valence electrons. The molecule has 1 heterocycles. The third kappa shape index (κ3) is 2.24. The molecule has 0 aliphatic heterocycles. The van der Waals surface area contributed by atoms with Gasteiger partial charge in [-0.3, -0.25) is 0 Å². The summed E-state index contributed by atoms with van der Waals surface area (Å²) in [6.45, 7) is 4.30. The first-order valence-electron chi connectivity index (χ1n) is 4.85. The van der Waals surface area contributed by atoms with E-state index in [9.17, 15) is 0 Å². The third-order valence-corrected chi connectivity index (χ3v) is 3.26. The van der Waals surface area contributed by atoms with Crippen LogP contribution in [0.15, 0.2) is 36.4 Å². The van der Waals surface area contributed by atoms with E-state index in [2.05, 4.69) is 50.2 Å². The summed E-state index contributed by atoms with van der Waals surface area (Å²) in [5, 5.41) is 0. The van der Waals surface area contributed by atoms with Crippen LogP contribution < -0.4 is 0 Å². The molecule has 0 radical (unpaired) electrons. The third-order valence-electron chi connectivity index (χ3n) is 2.26. The molecule has 0 aliphatic carbocycles. The maximum Gasteiger partial charge on any atom is 0.00918 e. The molecule has 0 amide bonds. The Morgan fingerprint density at radius 2 is 1.93 bits per heavy atom. The molecule has 0 N–H and O–H groups in total. The lowest BCUT2D eigenvalue weighted by molar-refractivity contribution is 1.22. The maximum absolute atomic E-state index is 2.26. The second-order valence-electron chi connectivity index (χ2n) is 3.68. The Morgan fingerprint density at radius 1 is 1.07 bits per heavy atom. The average molecular weight is 202 g/mol. The van der Waals surface area contributed by atoms with Crippen LogP contribution in [-0.4, -0.2) is 0 Å². The summed E-state index contributed by atoms with van der Waals surface area (Å²) in [4.78, 5) is 2.85. The van der Waals surface area contributed by atoms with Gasteiger partial charge >= 0.3 is 0 Å². The van der Waals surface area contributed by atoms with Gasteiger partial charge in [0.25, 0.3) is 0 Å². The van der Waals surface area contributed by atoms with Gasteiger partial charge in [-0.05, 0) is 31.5 Å². The normalized spacial score (nSPS) is 10.4. The second-order valence-corrected chi connectivity index (χ2v) is 5.05. The standard InChI is InChI=1S/C13H14S/c1-10-4-3-5-12(8-10)9-13-7-6-11(2)14-13/h3-8H,9H2,1-2H3. The summed E-state index contributed by atoms with van der Waals surface area (Å²) in [7, 11) is 0. The summed E-state index contributed by atoms with van der Waals surface area (Å²) >= 11 is 1.89. The minimum atomic E-state index is 1.07. The van der Waals surface area contributed by atoms with E-state index in [0.29, 0.717) is 0 Å². The van der Waals surface area contributed by atoms with Crippen LogP contribution in [-0.2, 0) is 6.42 Å². The van der Waals surface area contributed by atoms with Crippen LogP contribution in [0.25, 0.3) is 0 Å². The van der Waals surface area contributed by atoms with Crippen molar-refractivity contribution in [1.29, 1.82) is 0 Å². The highest BCUT2D eigenvalue weighted by molar-refractivity contribution is 7.11. The van der Waals surface area contributed by atoms with Crippen LogP contribution >= 0.6 is 11.3 Å². The SMILES string of the molecule is Cc1cccc(Cc2ccc(C)s2)c1. The van der Waals surface area contributed by atoms with Gasteiger partial charge in [-0.25, -0.2) is 0 Å². The summed E-state index contributed by atoms with van der Waals surface area (Å²) in [5.41, 5.74) is 2.75. The maximum atomic E-state index is 2.26. The molecule has 2 aromatic rings. The minimum Gasteiger partial charge on any atom is -0.145 e. The average Bonchev–Trinajstić information content (AvgIpc) is 2.51. The van der Waals surface area contributed by atoms with Crippen molar-refractivity contribution in [3.8, 4) is 0 Å². The largest absolute Gasteiger partial charge is 0.145 e. The Balaban J connectivity index is 2.18. The second kappa shape index (κ2) is 3.97. The first-order chi connectivity index (χ1) is 6.74. The molecule has 2 rings (SSSR count). The lowest BCUT2D eigenvalue weighted by atomic mass is 10.1. The number of hydrogen-bond donors (Lipinski definition) is 0. The molecule has 0 atom stereocenters. The van der Waals surface area contributed by atoms with E-state index >= 15 is 0 Å². The molecule has 0 unspecified atom stereocenters. The van der Waals surface area contributed by atoms with E-state index in [0.717, 1.165) is 6.42 Å². The summed E-state index contributed by atoms with van der Waals surface area (Å²) < 4.78 is 0. The predicted octanol–water partition coefficient (Wildman–Crippen LogP) is 3.96. The van der Waals surface area contributed by atoms with Crippen LogP contribution in [0.3, 0.4) is 0 Å². The van der Waals surface area contributed by atoms with Gasteiger partial charge in [-0.2, -0.15) is 0 Å². The predicted molar refractivity (Wildman–Crippen MR) is 63.0 cm³/mol. The molecule has 1 aromatic heterocycles. The summed E-state index contributed by atoms with van der Waals surface area (Å²) in [6, 6.07) is 13.1. The zero-order valence-electron chi connectivity index (χ0n) is 8.58. The van der Waals surface area contributed by atoms with E-state index < -0.39 is 0 Å². The first-order valence-corrected chi connectivity index (χ1v) is 5.66. The van der Waals surface area contributed by atoms with Crippen molar-refractivity contribution < 1.29 is 0 Å². The van der Waals surface area contributed by atoms with Crippen molar-refractivity contribution in [3.05, 3.63) is 57.3 Å².